The summed E-state index contributed by atoms with van der Waals surface area (Å²) in [4.78, 5) is 0. The van der Waals surface area contributed by atoms with E-state index < -0.39 is 0 Å². The SMILES string of the molecule is [CH2]Cc1ccc(OCC#CC)cc1.[H]. The molecule has 1 aromatic carbocycles. The average molecular weight is 174 g/mol. The molecule has 0 spiro atoms. The van der Waals surface area contributed by atoms with Crippen LogP contribution in [-0.2, 0) is 6.42 Å². The molecule has 0 aliphatic heterocycles. The van der Waals surface area contributed by atoms with Gasteiger partial charge in [-0.3, -0.25) is 0 Å². The zero-order valence-corrected chi connectivity index (χ0v) is 7.84. The normalized spacial score (nSPS) is 8.77. The first-order valence-electron chi connectivity index (χ1n) is 4.27. The van der Waals surface area contributed by atoms with Gasteiger partial charge in [-0.2, -0.15) is 0 Å². The Kier molecular flexibility index (Phi) is 3.92. The van der Waals surface area contributed by atoms with E-state index in [1.54, 1.807) is 6.92 Å². The van der Waals surface area contributed by atoms with Crippen molar-refractivity contribution in [2.24, 2.45) is 0 Å². The molecule has 0 aliphatic carbocycles. The molecule has 1 aromatic rings. The van der Waals surface area contributed by atoms with Crippen LogP contribution in [0.1, 0.15) is 13.9 Å². The van der Waals surface area contributed by atoms with Crippen molar-refractivity contribution in [3.8, 4) is 17.6 Å². The minimum atomic E-state index is 0. The molecular weight excluding hydrogens is 160 g/mol. The minimum Gasteiger partial charge on any atom is -0.481 e. The van der Waals surface area contributed by atoms with Gasteiger partial charge in [0.05, 0.1) is 0 Å². The van der Waals surface area contributed by atoms with E-state index in [0.29, 0.717) is 6.61 Å². The third-order valence-corrected chi connectivity index (χ3v) is 1.70. The summed E-state index contributed by atoms with van der Waals surface area (Å²) in [7, 11) is 0. The summed E-state index contributed by atoms with van der Waals surface area (Å²) in [6.07, 6.45) is 0.815. The maximum absolute atomic E-state index is 5.35. The monoisotopic (exact) mass is 174 g/mol. The molecular formula is C12H14O. The lowest BCUT2D eigenvalue weighted by atomic mass is 10.2. The molecule has 1 nitrogen and oxygen atoms in total. The third-order valence-electron chi connectivity index (χ3n) is 1.70. The highest BCUT2D eigenvalue weighted by atomic mass is 16.5. The fourth-order valence-electron chi connectivity index (χ4n) is 0.944. The molecule has 0 fully saturated rings. The Morgan fingerprint density at radius 2 is 2.08 bits per heavy atom. The predicted octanol–water partition coefficient (Wildman–Crippen LogP) is 2.58. The Balaban J connectivity index is 0.00000169. The summed E-state index contributed by atoms with van der Waals surface area (Å²) in [6, 6.07) is 7.92. The molecule has 0 bridgehead atoms. The van der Waals surface area contributed by atoms with Gasteiger partial charge in [0.1, 0.15) is 12.4 Å². The van der Waals surface area contributed by atoms with Crippen LogP contribution in [0.2, 0.25) is 0 Å². The molecule has 13 heavy (non-hydrogen) atoms. The van der Waals surface area contributed by atoms with Gasteiger partial charge in [-0.15, -0.1) is 5.92 Å². The van der Waals surface area contributed by atoms with Crippen molar-refractivity contribution >= 4 is 0 Å². The van der Waals surface area contributed by atoms with Crippen molar-refractivity contribution in [3.63, 3.8) is 0 Å². The third kappa shape index (κ3) is 3.21. The maximum Gasteiger partial charge on any atom is 0.149 e. The lowest BCUT2D eigenvalue weighted by molar-refractivity contribution is 0.370. The van der Waals surface area contributed by atoms with Gasteiger partial charge in [0, 0.05) is 1.43 Å². The van der Waals surface area contributed by atoms with E-state index in [2.05, 4.69) is 18.8 Å². The highest BCUT2D eigenvalue weighted by Crippen LogP contribution is 2.11. The number of hydrogen-bond acceptors (Lipinski definition) is 1. The number of rotatable bonds is 3. The van der Waals surface area contributed by atoms with E-state index in [-0.39, 0.29) is 1.43 Å². The second-order valence-corrected chi connectivity index (χ2v) is 2.61. The molecule has 0 saturated carbocycles. The van der Waals surface area contributed by atoms with Crippen molar-refractivity contribution in [3.05, 3.63) is 36.8 Å². The quantitative estimate of drug-likeness (QED) is 0.640. The van der Waals surface area contributed by atoms with Gasteiger partial charge in [0.25, 0.3) is 0 Å². The maximum atomic E-state index is 5.35. The molecule has 0 atom stereocenters. The Hall–Kier alpha value is -1.42. The van der Waals surface area contributed by atoms with E-state index in [0.717, 1.165) is 12.2 Å². The van der Waals surface area contributed by atoms with Crippen molar-refractivity contribution < 1.29 is 6.16 Å². The van der Waals surface area contributed by atoms with Crippen LogP contribution < -0.4 is 4.74 Å². The number of benzene rings is 1. The van der Waals surface area contributed by atoms with Crippen LogP contribution in [0.25, 0.3) is 0 Å². The Bertz CT molecular complexity index is 305. The van der Waals surface area contributed by atoms with Crippen LogP contribution in [-0.4, -0.2) is 6.61 Å². The Labute approximate surface area is 81.2 Å². The molecule has 0 heterocycles. The second-order valence-electron chi connectivity index (χ2n) is 2.61. The van der Waals surface area contributed by atoms with Gasteiger partial charge >= 0.3 is 0 Å². The lowest BCUT2D eigenvalue weighted by Crippen LogP contribution is -1.93. The van der Waals surface area contributed by atoms with Crippen LogP contribution >= 0.6 is 0 Å². The first-order valence-corrected chi connectivity index (χ1v) is 4.27. The molecule has 68 valence electrons. The highest BCUT2D eigenvalue weighted by Gasteiger charge is 1.91. The molecule has 0 N–H and O–H groups in total. The molecule has 0 aliphatic rings. The first-order chi connectivity index (χ1) is 6.36. The molecule has 0 aromatic heterocycles. The van der Waals surface area contributed by atoms with E-state index >= 15 is 0 Å². The molecule has 2 radical (unpaired) electrons. The zero-order valence-electron chi connectivity index (χ0n) is 8.84. The van der Waals surface area contributed by atoms with E-state index in [4.69, 9.17) is 4.74 Å². The molecule has 1 heteroatoms. The fourth-order valence-corrected chi connectivity index (χ4v) is 0.944. The van der Waals surface area contributed by atoms with Crippen molar-refractivity contribution in [2.75, 3.05) is 6.61 Å². The molecule has 0 amide bonds. The number of hydrogen-bond donors (Lipinski definition) is 0. The van der Waals surface area contributed by atoms with Gasteiger partial charge < -0.3 is 4.74 Å². The Morgan fingerprint density at radius 1 is 1.38 bits per heavy atom. The van der Waals surface area contributed by atoms with E-state index in [1.807, 2.05) is 24.3 Å². The summed E-state index contributed by atoms with van der Waals surface area (Å²) in [6.45, 7) is 6.06. The summed E-state index contributed by atoms with van der Waals surface area (Å²) in [5.41, 5.74) is 1.22. The van der Waals surface area contributed by atoms with Gasteiger partial charge in [0.15, 0.2) is 0 Å². The smallest absolute Gasteiger partial charge is 0.149 e. The molecule has 0 saturated heterocycles. The summed E-state index contributed by atoms with van der Waals surface area (Å²) >= 11 is 0. The van der Waals surface area contributed by atoms with Gasteiger partial charge in [-0.25, -0.2) is 0 Å². The van der Waals surface area contributed by atoms with Gasteiger partial charge in [0.2, 0.25) is 0 Å². The zero-order chi connectivity index (χ0) is 9.52. The molecule has 1 rings (SSSR count). The fraction of sp³-hybridized carbons (Fsp3) is 0.250. The number of ether oxygens (including phenoxy) is 1. The first kappa shape index (κ1) is 9.67. The topological polar surface area (TPSA) is 9.23 Å². The summed E-state index contributed by atoms with van der Waals surface area (Å²) in [5, 5.41) is 0. The van der Waals surface area contributed by atoms with Crippen LogP contribution in [0.4, 0.5) is 0 Å². The van der Waals surface area contributed by atoms with Gasteiger partial charge in [-0.1, -0.05) is 18.1 Å². The van der Waals surface area contributed by atoms with Crippen molar-refractivity contribution in [1.82, 2.24) is 0 Å². The minimum absolute atomic E-state index is 0. The van der Waals surface area contributed by atoms with Crippen molar-refractivity contribution in [2.45, 2.75) is 13.3 Å². The van der Waals surface area contributed by atoms with Crippen LogP contribution in [0.15, 0.2) is 24.3 Å². The lowest BCUT2D eigenvalue weighted by Gasteiger charge is -2.02. The Morgan fingerprint density at radius 3 is 2.62 bits per heavy atom. The van der Waals surface area contributed by atoms with E-state index in [9.17, 15) is 0 Å². The van der Waals surface area contributed by atoms with Crippen LogP contribution in [0.3, 0.4) is 0 Å². The second kappa shape index (κ2) is 5.27. The summed E-state index contributed by atoms with van der Waals surface area (Å²) in [5.74, 6) is 6.48. The standard InChI is InChI=1S/C12H13O.H/c1-3-5-10-13-12-8-6-11(4-2)7-9-12;/h6-9H,2,4,10H2,1H3;. The molecule has 0 unspecified atom stereocenters. The summed E-state index contributed by atoms with van der Waals surface area (Å²) < 4.78 is 5.35. The van der Waals surface area contributed by atoms with Crippen LogP contribution in [0.5, 0.6) is 5.75 Å². The van der Waals surface area contributed by atoms with E-state index in [1.165, 1.54) is 5.56 Å². The predicted molar refractivity (Wildman–Crippen MR) is 55.6 cm³/mol. The van der Waals surface area contributed by atoms with Crippen molar-refractivity contribution in [1.29, 1.82) is 0 Å². The van der Waals surface area contributed by atoms with Crippen LogP contribution in [0, 0.1) is 18.8 Å². The highest BCUT2D eigenvalue weighted by molar-refractivity contribution is 5.27. The largest absolute Gasteiger partial charge is 0.481 e. The van der Waals surface area contributed by atoms with Gasteiger partial charge in [-0.05, 0) is 38.0 Å². The average Bonchev–Trinajstić information content (AvgIpc) is 2.19.